The molecule has 0 unspecified atom stereocenters. The van der Waals surface area contributed by atoms with Gasteiger partial charge in [0, 0.05) is 19.3 Å². The van der Waals surface area contributed by atoms with Gasteiger partial charge in [0.15, 0.2) is 0 Å². The van der Waals surface area contributed by atoms with Crippen LogP contribution in [0.2, 0.25) is 0 Å². The number of nitrogen functional groups attached to an aromatic ring is 1. The molecule has 0 bridgehead atoms. The van der Waals surface area contributed by atoms with Crippen molar-refractivity contribution >= 4 is 21.5 Å². The van der Waals surface area contributed by atoms with Crippen LogP contribution in [0, 0.1) is 0 Å². The highest BCUT2D eigenvalue weighted by Gasteiger charge is 2.00. The highest BCUT2D eigenvalue weighted by atomic mass is 32.2. The summed E-state index contributed by atoms with van der Waals surface area (Å²) in [5.41, 5.74) is 6.25. The Balaban J connectivity index is 2.24. The zero-order valence-corrected chi connectivity index (χ0v) is 9.92. The summed E-state index contributed by atoms with van der Waals surface area (Å²) in [5, 5.41) is 3.03. The van der Waals surface area contributed by atoms with E-state index in [0.29, 0.717) is 31.0 Å². The van der Waals surface area contributed by atoms with Gasteiger partial charge in [0.2, 0.25) is 10.0 Å². The average molecular weight is 244 g/mol. The van der Waals surface area contributed by atoms with Crippen molar-refractivity contribution in [1.29, 1.82) is 0 Å². The van der Waals surface area contributed by atoms with Crippen molar-refractivity contribution in [3.05, 3.63) is 18.3 Å². The summed E-state index contributed by atoms with van der Waals surface area (Å²) in [4.78, 5) is 4.05. The molecule has 0 fully saturated rings. The molecule has 1 heterocycles. The van der Waals surface area contributed by atoms with Crippen LogP contribution in [0.25, 0.3) is 0 Å². The van der Waals surface area contributed by atoms with Gasteiger partial charge < -0.3 is 11.1 Å². The van der Waals surface area contributed by atoms with Gasteiger partial charge in [-0.2, -0.15) is 0 Å². The van der Waals surface area contributed by atoms with E-state index >= 15 is 0 Å². The van der Waals surface area contributed by atoms with Gasteiger partial charge in [-0.1, -0.05) is 0 Å². The number of nitrogens with two attached hydrogens (primary N) is 1. The molecule has 0 aliphatic rings. The van der Waals surface area contributed by atoms with Gasteiger partial charge in [-0.25, -0.2) is 18.1 Å². The molecule has 4 N–H and O–H groups in total. The Morgan fingerprint density at radius 3 is 2.81 bits per heavy atom. The van der Waals surface area contributed by atoms with E-state index in [2.05, 4.69) is 15.0 Å². The van der Waals surface area contributed by atoms with Gasteiger partial charge in [0.05, 0.1) is 11.9 Å². The number of nitrogens with one attached hydrogen (secondary N) is 2. The fourth-order valence-electron chi connectivity index (χ4n) is 1.12. The van der Waals surface area contributed by atoms with Crippen molar-refractivity contribution in [2.45, 2.75) is 6.42 Å². The third kappa shape index (κ3) is 4.94. The van der Waals surface area contributed by atoms with Crippen LogP contribution in [-0.2, 0) is 10.0 Å². The second-order valence-electron chi connectivity index (χ2n) is 3.39. The summed E-state index contributed by atoms with van der Waals surface area (Å²) in [6, 6.07) is 3.51. The number of aromatic nitrogens is 1. The van der Waals surface area contributed by atoms with Gasteiger partial charge in [0.25, 0.3) is 0 Å². The van der Waals surface area contributed by atoms with E-state index in [1.807, 2.05) is 0 Å². The first-order chi connectivity index (χ1) is 7.49. The van der Waals surface area contributed by atoms with E-state index in [9.17, 15) is 8.42 Å². The van der Waals surface area contributed by atoms with Crippen LogP contribution in [0.3, 0.4) is 0 Å². The van der Waals surface area contributed by atoms with E-state index in [4.69, 9.17) is 5.73 Å². The average Bonchev–Trinajstić information content (AvgIpc) is 2.18. The Kier molecular flexibility index (Phi) is 4.51. The molecule has 0 radical (unpaired) electrons. The minimum atomic E-state index is -3.10. The van der Waals surface area contributed by atoms with Crippen molar-refractivity contribution in [2.75, 3.05) is 30.4 Å². The van der Waals surface area contributed by atoms with Crippen LogP contribution in [0.15, 0.2) is 18.3 Å². The first-order valence-electron chi connectivity index (χ1n) is 4.88. The van der Waals surface area contributed by atoms with Crippen LogP contribution < -0.4 is 15.8 Å². The summed E-state index contributed by atoms with van der Waals surface area (Å²) in [5.74, 6) is 0.627. The number of nitrogens with zero attached hydrogens (tertiary/aromatic N) is 1. The van der Waals surface area contributed by atoms with E-state index in [1.165, 1.54) is 0 Å². The van der Waals surface area contributed by atoms with Crippen LogP contribution >= 0.6 is 0 Å². The molecular formula is C9H16N4O2S. The van der Waals surface area contributed by atoms with Crippen molar-refractivity contribution in [1.82, 2.24) is 9.71 Å². The number of hydrogen-bond acceptors (Lipinski definition) is 5. The maximum Gasteiger partial charge on any atom is 0.208 e. The molecule has 7 heteroatoms. The molecule has 6 nitrogen and oxygen atoms in total. The SMILES string of the molecule is CS(=O)(=O)NCCCNc1ncccc1N. The van der Waals surface area contributed by atoms with Crippen molar-refractivity contribution in [2.24, 2.45) is 0 Å². The molecule has 90 valence electrons. The van der Waals surface area contributed by atoms with Crippen LogP contribution in [0.4, 0.5) is 11.5 Å². The van der Waals surface area contributed by atoms with E-state index < -0.39 is 10.0 Å². The topological polar surface area (TPSA) is 97.1 Å². The first-order valence-corrected chi connectivity index (χ1v) is 6.77. The number of hydrogen-bond donors (Lipinski definition) is 3. The van der Waals surface area contributed by atoms with E-state index in [-0.39, 0.29) is 0 Å². The van der Waals surface area contributed by atoms with Crippen molar-refractivity contribution < 1.29 is 8.42 Å². The van der Waals surface area contributed by atoms with E-state index in [0.717, 1.165) is 6.26 Å². The molecule has 0 saturated heterocycles. The number of pyridine rings is 1. The summed E-state index contributed by atoms with van der Waals surface area (Å²) in [6.07, 6.45) is 3.45. The molecule has 0 aliphatic heterocycles. The fraction of sp³-hybridized carbons (Fsp3) is 0.444. The van der Waals surface area contributed by atoms with Gasteiger partial charge >= 0.3 is 0 Å². The second kappa shape index (κ2) is 5.66. The van der Waals surface area contributed by atoms with Gasteiger partial charge in [-0.15, -0.1) is 0 Å². The minimum absolute atomic E-state index is 0.401. The van der Waals surface area contributed by atoms with Gasteiger partial charge in [-0.3, -0.25) is 0 Å². The van der Waals surface area contributed by atoms with Crippen molar-refractivity contribution in [3.63, 3.8) is 0 Å². The Morgan fingerprint density at radius 1 is 1.44 bits per heavy atom. The van der Waals surface area contributed by atoms with Crippen LogP contribution in [-0.4, -0.2) is 32.7 Å². The Hall–Kier alpha value is -1.34. The standard InChI is InChI=1S/C9H16N4O2S/c1-16(14,15)13-7-3-6-12-9-8(10)4-2-5-11-9/h2,4-5,13H,3,6-7,10H2,1H3,(H,11,12). The van der Waals surface area contributed by atoms with E-state index in [1.54, 1.807) is 18.3 Å². The zero-order chi connectivity index (χ0) is 12.0. The monoisotopic (exact) mass is 244 g/mol. The Morgan fingerprint density at radius 2 is 2.19 bits per heavy atom. The highest BCUT2D eigenvalue weighted by molar-refractivity contribution is 7.88. The van der Waals surface area contributed by atoms with Crippen molar-refractivity contribution in [3.8, 4) is 0 Å². The lowest BCUT2D eigenvalue weighted by atomic mass is 10.3. The number of sulfonamides is 1. The maximum absolute atomic E-state index is 10.8. The normalized spacial score (nSPS) is 11.3. The Labute approximate surface area is 95.3 Å². The predicted molar refractivity (Wildman–Crippen MR) is 64.6 cm³/mol. The summed E-state index contributed by atoms with van der Waals surface area (Å²) < 4.78 is 23.9. The molecule has 0 atom stereocenters. The molecule has 1 rings (SSSR count). The van der Waals surface area contributed by atoms with Gasteiger partial charge in [0.1, 0.15) is 5.82 Å². The van der Waals surface area contributed by atoms with Crippen LogP contribution in [0.1, 0.15) is 6.42 Å². The molecule has 0 spiro atoms. The minimum Gasteiger partial charge on any atom is -0.396 e. The first kappa shape index (κ1) is 12.7. The maximum atomic E-state index is 10.8. The number of anilines is 2. The fourth-order valence-corrected chi connectivity index (χ4v) is 1.63. The molecule has 0 aliphatic carbocycles. The summed E-state index contributed by atoms with van der Waals surface area (Å²) >= 11 is 0. The molecule has 0 aromatic carbocycles. The third-order valence-electron chi connectivity index (χ3n) is 1.85. The Bertz CT molecular complexity index is 433. The zero-order valence-electron chi connectivity index (χ0n) is 9.10. The molecule has 1 aromatic rings. The lowest BCUT2D eigenvalue weighted by Gasteiger charge is -2.07. The van der Waals surface area contributed by atoms with Gasteiger partial charge in [-0.05, 0) is 18.6 Å². The largest absolute Gasteiger partial charge is 0.396 e. The third-order valence-corrected chi connectivity index (χ3v) is 2.58. The smallest absolute Gasteiger partial charge is 0.208 e. The molecule has 1 aromatic heterocycles. The second-order valence-corrected chi connectivity index (χ2v) is 5.22. The lowest BCUT2D eigenvalue weighted by molar-refractivity contribution is 0.586. The number of rotatable bonds is 6. The molecule has 0 amide bonds. The predicted octanol–water partition coefficient (Wildman–Crippen LogP) is 0.0150. The quantitative estimate of drug-likeness (QED) is 0.613. The highest BCUT2D eigenvalue weighted by Crippen LogP contribution is 2.12. The summed E-state index contributed by atoms with van der Waals surface area (Å²) in [6.45, 7) is 1.02. The lowest BCUT2D eigenvalue weighted by Crippen LogP contribution is -2.24. The summed E-state index contributed by atoms with van der Waals surface area (Å²) in [7, 11) is -3.10. The molecule has 0 saturated carbocycles. The van der Waals surface area contributed by atoms with Crippen LogP contribution in [0.5, 0.6) is 0 Å². The molecular weight excluding hydrogens is 228 g/mol. The molecule has 16 heavy (non-hydrogen) atoms.